The van der Waals surface area contributed by atoms with Crippen LogP contribution in [0.1, 0.15) is 0 Å². The predicted octanol–water partition coefficient (Wildman–Crippen LogP) is 4.02. The Morgan fingerprint density at radius 1 is 0.581 bits per heavy atom. The Morgan fingerprint density at radius 2 is 1.12 bits per heavy atom. The Balaban J connectivity index is 1.18. The lowest BCUT2D eigenvalue weighted by Gasteiger charge is -2.33. The third-order valence-electron chi connectivity index (χ3n) is 6.60. The molecule has 0 spiro atoms. The van der Waals surface area contributed by atoms with Crippen LogP contribution in [-0.4, -0.2) is 102 Å². The summed E-state index contributed by atoms with van der Waals surface area (Å²) in [6.07, 6.45) is 3.51. The Hall–Kier alpha value is -3.42. The number of para-hydroxylation sites is 2. The summed E-state index contributed by atoms with van der Waals surface area (Å²) in [6.45, 7) is 3.59. The van der Waals surface area contributed by atoms with Gasteiger partial charge in [-0.15, -0.1) is 0 Å². The number of nitrogens with zero attached hydrogens (tertiary/aromatic N) is 2. The maximum Gasteiger partial charge on any atom is 0.149 e. The molecule has 43 heavy (non-hydrogen) atoms. The molecular formula is C32H38N2O9. The SMILES string of the molecule is c1cnc2c(OCCOCC3(OCCOc4cccc5cccnc45)COCCOCOCOCCOC3)cccc2c1. The van der Waals surface area contributed by atoms with Crippen molar-refractivity contribution in [3.05, 3.63) is 73.1 Å². The topological polar surface area (TPSA) is 109 Å². The van der Waals surface area contributed by atoms with Crippen LogP contribution < -0.4 is 9.47 Å². The molecule has 1 aliphatic heterocycles. The van der Waals surface area contributed by atoms with Gasteiger partial charge in [-0.05, 0) is 24.3 Å². The van der Waals surface area contributed by atoms with Crippen molar-refractivity contribution >= 4 is 21.8 Å². The van der Waals surface area contributed by atoms with E-state index in [1.54, 1.807) is 12.4 Å². The van der Waals surface area contributed by atoms with Gasteiger partial charge in [0.05, 0.1) is 59.5 Å². The van der Waals surface area contributed by atoms with Crippen molar-refractivity contribution < 1.29 is 42.6 Å². The van der Waals surface area contributed by atoms with E-state index in [4.69, 9.17) is 42.6 Å². The smallest absolute Gasteiger partial charge is 0.149 e. The third-order valence-corrected chi connectivity index (χ3v) is 6.60. The van der Waals surface area contributed by atoms with E-state index in [0.29, 0.717) is 57.7 Å². The summed E-state index contributed by atoms with van der Waals surface area (Å²) in [6, 6.07) is 19.5. The highest BCUT2D eigenvalue weighted by Gasteiger charge is 2.33. The standard InChI is InChI=1S/C32H38N2O9/c1-5-26-7-3-11-33-30(26)28(9-1)41-18-17-37-23-32(21-35-13-15-38-24-40-25-39-16-14-36-22-32)43-20-19-42-29-10-2-6-27-8-4-12-34-31(27)29/h1-12H,13-25H2. The van der Waals surface area contributed by atoms with E-state index >= 15 is 0 Å². The number of hydrogen-bond donors (Lipinski definition) is 0. The molecule has 230 valence electrons. The number of hydrogen-bond acceptors (Lipinski definition) is 11. The lowest BCUT2D eigenvalue weighted by Crippen LogP contribution is -2.48. The van der Waals surface area contributed by atoms with Gasteiger partial charge in [0, 0.05) is 23.2 Å². The van der Waals surface area contributed by atoms with E-state index in [0.717, 1.165) is 21.8 Å². The Bertz CT molecular complexity index is 1360. The maximum absolute atomic E-state index is 6.41. The molecule has 0 atom stereocenters. The minimum Gasteiger partial charge on any atom is -0.489 e. The van der Waals surface area contributed by atoms with Crippen molar-refractivity contribution in [2.75, 3.05) is 86.3 Å². The van der Waals surface area contributed by atoms with Crippen LogP contribution >= 0.6 is 0 Å². The molecule has 1 aliphatic rings. The average molecular weight is 595 g/mol. The minimum absolute atomic E-state index is 0.127. The van der Waals surface area contributed by atoms with Crippen LogP contribution in [0, 0.1) is 0 Å². The molecule has 0 amide bonds. The lowest BCUT2D eigenvalue weighted by molar-refractivity contribution is -0.187. The Morgan fingerprint density at radius 3 is 1.72 bits per heavy atom. The minimum atomic E-state index is -0.901. The van der Waals surface area contributed by atoms with Gasteiger partial charge in [0.2, 0.25) is 0 Å². The van der Waals surface area contributed by atoms with E-state index in [9.17, 15) is 0 Å². The molecule has 0 unspecified atom stereocenters. The first-order chi connectivity index (χ1) is 21.3. The third kappa shape index (κ3) is 9.54. The van der Waals surface area contributed by atoms with Gasteiger partial charge >= 0.3 is 0 Å². The van der Waals surface area contributed by atoms with E-state index in [1.807, 2.05) is 60.7 Å². The second-order valence-electron chi connectivity index (χ2n) is 9.81. The first-order valence-electron chi connectivity index (χ1n) is 14.4. The lowest BCUT2D eigenvalue weighted by atomic mass is 10.1. The number of ether oxygens (including phenoxy) is 9. The molecule has 0 radical (unpaired) electrons. The summed E-state index contributed by atoms with van der Waals surface area (Å²) in [5, 5.41) is 2.03. The molecule has 0 bridgehead atoms. The molecule has 2 aromatic heterocycles. The molecule has 1 saturated heterocycles. The zero-order valence-electron chi connectivity index (χ0n) is 24.2. The van der Waals surface area contributed by atoms with Crippen molar-refractivity contribution in [3.8, 4) is 11.5 Å². The van der Waals surface area contributed by atoms with Gasteiger partial charge in [-0.25, -0.2) is 0 Å². The van der Waals surface area contributed by atoms with E-state index in [1.165, 1.54) is 0 Å². The highest BCUT2D eigenvalue weighted by molar-refractivity contribution is 5.84. The van der Waals surface area contributed by atoms with Crippen molar-refractivity contribution in [3.63, 3.8) is 0 Å². The Labute approximate surface area is 250 Å². The first kappa shape index (κ1) is 31.0. The zero-order valence-corrected chi connectivity index (χ0v) is 24.2. The second-order valence-corrected chi connectivity index (χ2v) is 9.81. The second kappa shape index (κ2) is 17.0. The van der Waals surface area contributed by atoms with Gasteiger partial charge in [0.25, 0.3) is 0 Å². The fraction of sp³-hybridized carbons (Fsp3) is 0.438. The van der Waals surface area contributed by atoms with Gasteiger partial charge in [0.15, 0.2) is 0 Å². The van der Waals surface area contributed by atoms with Crippen LogP contribution in [0.5, 0.6) is 11.5 Å². The number of pyridine rings is 2. The summed E-state index contributed by atoms with van der Waals surface area (Å²) < 4.78 is 52.6. The van der Waals surface area contributed by atoms with Crippen molar-refractivity contribution in [2.24, 2.45) is 0 Å². The van der Waals surface area contributed by atoms with Crippen LogP contribution in [0.2, 0.25) is 0 Å². The summed E-state index contributed by atoms with van der Waals surface area (Å²) in [5.74, 6) is 1.41. The van der Waals surface area contributed by atoms with Gasteiger partial charge in [-0.2, -0.15) is 0 Å². The van der Waals surface area contributed by atoms with Gasteiger partial charge in [-0.3, -0.25) is 9.97 Å². The molecule has 4 aromatic rings. The van der Waals surface area contributed by atoms with Crippen LogP contribution in [0.15, 0.2) is 73.1 Å². The molecule has 11 nitrogen and oxygen atoms in total. The van der Waals surface area contributed by atoms with Crippen molar-refractivity contribution in [1.29, 1.82) is 0 Å². The molecule has 3 heterocycles. The van der Waals surface area contributed by atoms with Crippen LogP contribution in [0.3, 0.4) is 0 Å². The van der Waals surface area contributed by atoms with Crippen molar-refractivity contribution in [1.82, 2.24) is 9.97 Å². The maximum atomic E-state index is 6.41. The molecule has 0 N–H and O–H groups in total. The highest BCUT2D eigenvalue weighted by atomic mass is 16.7. The number of benzene rings is 2. The fourth-order valence-electron chi connectivity index (χ4n) is 4.54. The predicted molar refractivity (Wildman–Crippen MR) is 158 cm³/mol. The summed E-state index contributed by atoms with van der Waals surface area (Å²) >= 11 is 0. The van der Waals surface area contributed by atoms with Gasteiger partial charge < -0.3 is 42.6 Å². The summed E-state index contributed by atoms with van der Waals surface area (Å²) in [4.78, 5) is 8.90. The largest absolute Gasteiger partial charge is 0.489 e. The number of aromatic nitrogens is 2. The van der Waals surface area contributed by atoms with Crippen LogP contribution in [0.25, 0.3) is 21.8 Å². The van der Waals surface area contributed by atoms with Crippen LogP contribution in [-0.2, 0) is 33.2 Å². The number of fused-ring (bicyclic) bond motifs is 2. The van der Waals surface area contributed by atoms with Gasteiger partial charge in [0.1, 0.15) is 54.9 Å². The normalized spacial score (nSPS) is 16.9. The van der Waals surface area contributed by atoms with E-state index < -0.39 is 5.60 Å². The monoisotopic (exact) mass is 594 g/mol. The molecule has 2 aromatic carbocycles. The first-order valence-corrected chi connectivity index (χ1v) is 14.4. The molecule has 0 saturated carbocycles. The van der Waals surface area contributed by atoms with Crippen LogP contribution in [0.4, 0.5) is 0 Å². The van der Waals surface area contributed by atoms with E-state index in [-0.39, 0.29) is 40.0 Å². The summed E-state index contributed by atoms with van der Waals surface area (Å²) in [5.41, 5.74) is 0.717. The molecule has 1 fully saturated rings. The zero-order chi connectivity index (χ0) is 29.4. The molecule has 0 aliphatic carbocycles. The molecule has 11 heteroatoms. The molecular weight excluding hydrogens is 556 g/mol. The van der Waals surface area contributed by atoms with Gasteiger partial charge in [-0.1, -0.05) is 36.4 Å². The number of rotatable bonds is 11. The van der Waals surface area contributed by atoms with Crippen molar-refractivity contribution in [2.45, 2.75) is 5.60 Å². The highest BCUT2D eigenvalue weighted by Crippen LogP contribution is 2.24. The quantitative estimate of drug-likeness (QED) is 0.235. The molecule has 5 rings (SSSR count). The Kier molecular flexibility index (Phi) is 12.3. The average Bonchev–Trinajstić information content (AvgIpc) is 3.05. The fourth-order valence-corrected chi connectivity index (χ4v) is 4.54. The summed E-state index contributed by atoms with van der Waals surface area (Å²) in [7, 11) is 0. The van der Waals surface area contributed by atoms with E-state index in [2.05, 4.69) is 9.97 Å².